The van der Waals surface area contributed by atoms with Crippen LogP contribution in [0.2, 0.25) is 0 Å². The molecule has 3 heteroatoms. The number of nitriles is 1. The molecule has 1 aromatic rings. The van der Waals surface area contributed by atoms with E-state index in [0.717, 1.165) is 12.1 Å². The summed E-state index contributed by atoms with van der Waals surface area (Å²) in [6.07, 6.45) is 7.33. The molecular weight excluding hydrogens is 260 g/mol. The molecule has 0 amide bonds. The molecule has 1 unspecified atom stereocenters. The molecule has 3 nitrogen and oxygen atoms in total. The lowest BCUT2D eigenvalue weighted by Crippen LogP contribution is -2.42. The highest BCUT2D eigenvalue weighted by atomic mass is 16.5. The van der Waals surface area contributed by atoms with Crippen LogP contribution < -0.4 is 5.32 Å². The first-order valence-electron chi connectivity index (χ1n) is 8.14. The Bertz CT molecular complexity index is 448. The highest BCUT2D eigenvalue weighted by molar-refractivity contribution is 5.31. The third kappa shape index (κ3) is 4.30. The van der Waals surface area contributed by atoms with Gasteiger partial charge in [0.15, 0.2) is 0 Å². The highest BCUT2D eigenvalue weighted by Crippen LogP contribution is 2.26. The molecule has 1 fully saturated rings. The van der Waals surface area contributed by atoms with Gasteiger partial charge in [-0.25, -0.2) is 0 Å². The van der Waals surface area contributed by atoms with Crippen LogP contribution in [0.5, 0.6) is 0 Å². The number of hydrogen-bond acceptors (Lipinski definition) is 3. The van der Waals surface area contributed by atoms with Gasteiger partial charge in [0.25, 0.3) is 0 Å². The average Bonchev–Trinajstić information content (AvgIpc) is 2.56. The van der Waals surface area contributed by atoms with Crippen LogP contribution >= 0.6 is 0 Å². The van der Waals surface area contributed by atoms with Crippen molar-refractivity contribution in [2.75, 3.05) is 13.2 Å². The standard InChI is InChI=1S/C18H26N2O/c1-2-20-18(15-19,16-9-5-3-6-10-16)13-14-21-17-11-7-4-8-12-17/h3,5-6,9-10,17,20H,2,4,7-8,11-14H2,1H3. The van der Waals surface area contributed by atoms with Gasteiger partial charge in [-0.3, -0.25) is 5.32 Å². The van der Waals surface area contributed by atoms with Gasteiger partial charge in [0, 0.05) is 6.42 Å². The summed E-state index contributed by atoms with van der Waals surface area (Å²) in [6.45, 7) is 3.45. The second-order valence-corrected chi connectivity index (χ2v) is 5.79. The molecule has 0 aliphatic heterocycles. The van der Waals surface area contributed by atoms with E-state index < -0.39 is 5.54 Å². The number of nitrogens with zero attached hydrogens (tertiary/aromatic N) is 1. The van der Waals surface area contributed by atoms with Crippen LogP contribution in [0, 0.1) is 11.3 Å². The summed E-state index contributed by atoms with van der Waals surface area (Å²) in [5, 5.41) is 13.1. The van der Waals surface area contributed by atoms with Crippen molar-refractivity contribution in [3.8, 4) is 6.07 Å². The van der Waals surface area contributed by atoms with Gasteiger partial charge >= 0.3 is 0 Å². The van der Waals surface area contributed by atoms with Crippen LogP contribution in [0.1, 0.15) is 51.0 Å². The van der Waals surface area contributed by atoms with Crippen molar-refractivity contribution in [2.45, 2.75) is 57.1 Å². The lowest BCUT2D eigenvalue weighted by atomic mass is 9.88. The minimum atomic E-state index is -0.634. The van der Waals surface area contributed by atoms with Crippen molar-refractivity contribution in [3.05, 3.63) is 35.9 Å². The Balaban J connectivity index is 1.98. The van der Waals surface area contributed by atoms with Gasteiger partial charge in [-0.15, -0.1) is 0 Å². The monoisotopic (exact) mass is 286 g/mol. The molecule has 1 aromatic carbocycles. The van der Waals surface area contributed by atoms with E-state index in [4.69, 9.17) is 4.74 Å². The first-order valence-corrected chi connectivity index (χ1v) is 8.14. The third-order valence-electron chi connectivity index (χ3n) is 4.32. The SMILES string of the molecule is CCNC(C#N)(CCOC1CCCCC1)c1ccccc1. The summed E-state index contributed by atoms with van der Waals surface area (Å²) >= 11 is 0. The summed E-state index contributed by atoms with van der Waals surface area (Å²) in [5.74, 6) is 0. The maximum absolute atomic E-state index is 9.73. The summed E-state index contributed by atoms with van der Waals surface area (Å²) < 4.78 is 6.02. The molecule has 2 rings (SSSR count). The van der Waals surface area contributed by atoms with E-state index in [9.17, 15) is 5.26 Å². The molecule has 0 spiro atoms. The Morgan fingerprint density at radius 2 is 1.95 bits per heavy atom. The van der Waals surface area contributed by atoms with Gasteiger partial charge < -0.3 is 4.74 Å². The Kier molecular flexibility index (Phi) is 6.22. The van der Waals surface area contributed by atoms with Gasteiger partial charge in [-0.2, -0.15) is 5.26 Å². The number of nitrogens with one attached hydrogen (secondary N) is 1. The molecular formula is C18H26N2O. The summed E-state index contributed by atoms with van der Waals surface area (Å²) in [6, 6.07) is 12.5. The number of ether oxygens (including phenoxy) is 1. The molecule has 1 aliphatic carbocycles. The predicted molar refractivity (Wildman–Crippen MR) is 84.9 cm³/mol. The van der Waals surface area contributed by atoms with Crippen molar-refractivity contribution in [2.24, 2.45) is 0 Å². The topological polar surface area (TPSA) is 45.0 Å². The number of hydrogen-bond donors (Lipinski definition) is 1. The third-order valence-corrected chi connectivity index (χ3v) is 4.32. The summed E-state index contributed by atoms with van der Waals surface area (Å²) in [5.41, 5.74) is 0.395. The average molecular weight is 286 g/mol. The van der Waals surface area contributed by atoms with Gasteiger partial charge in [-0.05, 0) is 24.9 Å². The van der Waals surface area contributed by atoms with Crippen LogP contribution in [-0.4, -0.2) is 19.3 Å². The Morgan fingerprint density at radius 1 is 1.24 bits per heavy atom. The molecule has 21 heavy (non-hydrogen) atoms. The van der Waals surface area contributed by atoms with E-state index >= 15 is 0 Å². The van der Waals surface area contributed by atoms with Crippen LogP contribution in [0.15, 0.2) is 30.3 Å². The molecule has 1 N–H and O–H groups in total. The van der Waals surface area contributed by atoms with Crippen molar-refractivity contribution in [1.29, 1.82) is 5.26 Å². The van der Waals surface area contributed by atoms with Crippen LogP contribution in [-0.2, 0) is 10.3 Å². The molecule has 1 atom stereocenters. The fraction of sp³-hybridized carbons (Fsp3) is 0.611. The van der Waals surface area contributed by atoms with Gasteiger partial charge in [0.05, 0.1) is 18.8 Å². The molecule has 0 radical (unpaired) electrons. The van der Waals surface area contributed by atoms with Gasteiger partial charge in [0.2, 0.25) is 0 Å². The lowest BCUT2D eigenvalue weighted by molar-refractivity contribution is 0.0196. The smallest absolute Gasteiger partial charge is 0.134 e. The van der Waals surface area contributed by atoms with Gasteiger partial charge in [-0.1, -0.05) is 56.5 Å². The van der Waals surface area contributed by atoms with E-state index in [-0.39, 0.29) is 0 Å². The molecule has 0 saturated heterocycles. The first kappa shape index (κ1) is 16.0. The van der Waals surface area contributed by atoms with E-state index in [1.165, 1.54) is 32.1 Å². The molecule has 0 bridgehead atoms. The van der Waals surface area contributed by atoms with E-state index in [1.807, 2.05) is 37.3 Å². The second kappa shape index (κ2) is 8.17. The van der Waals surface area contributed by atoms with E-state index in [0.29, 0.717) is 19.1 Å². The maximum atomic E-state index is 9.73. The van der Waals surface area contributed by atoms with Crippen molar-refractivity contribution in [1.82, 2.24) is 5.32 Å². The second-order valence-electron chi connectivity index (χ2n) is 5.79. The largest absolute Gasteiger partial charge is 0.378 e. The van der Waals surface area contributed by atoms with E-state index in [1.54, 1.807) is 0 Å². The molecule has 0 heterocycles. The molecule has 114 valence electrons. The first-order chi connectivity index (χ1) is 10.3. The maximum Gasteiger partial charge on any atom is 0.134 e. The van der Waals surface area contributed by atoms with Crippen LogP contribution in [0.3, 0.4) is 0 Å². The summed E-state index contributed by atoms with van der Waals surface area (Å²) in [7, 11) is 0. The Hall–Kier alpha value is -1.37. The van der Waals surface area contributed by atoms with Gasteiger partial charge in [0.1, 0.15) is 5.54 Å². The molecule has 1 aliphatic rings. The summed E-state index contributed by atoms with van der Waals surface area (Å²) in [4.78, 5) is 0. The van der Waals surface area contributed by atoms with Crippen molar-refractivity contribution < 1.29 is 4.74 Å². The van der Waals surface area contributed by atoms with Crippen molar-refractivity contribution in [3.63, 3.8) is 0 Å². The fourth-order valence-corrected chi connectivity index (χ4v) is 3.13. The molecule has 0 aromatic heterocycles. The normalized spacial score (nSPS) is 18.9. The van der Waals surface area contributed by atoms with Crippen molar-refractivity contribution >= 4 is 0 Å². The van der Waals surface area contributed by atoms with E-state index in [2.05, 4.69) is 11.4 Å². The zero-order valence-corrected chi connectivity index (χ0v) is 13.0. The number of benzene rings is 1. The number of rotatable bonds is 7. The lowest BCUT2D eigenvalue weighted by Gasteiger charge is -2.29. The van der Waals surface area contributed by atoms with Crippen LogP contribution in [0.25, 0.3) is 0 Å². The van der Waals surface area contributed by atoms with Crippen LogP contribution in [0.4, 0.5) is 0 Å². The zero-order valence-electron chi connectivity index (χ0n) is 13.0. The minimum absolute atomic E-state index is 0.396. The zero-order chi connectivity index (χ0) is 15.0. The quantitative estimate of drug-likeness (QED) is 0.830. The minimum Gasteiger partial charge on any atom is -0.378 e. The Morgan fingerprint density at radius 3 is 2.57 bits per heavy atom. The molecule has 1 saturated carbocycles. The fourth-order valence-electron chi connectivity index (χ4n) is 3.13. The predicted octanol–water partition coefficient (Wildman–Crippen LogP) is 3.75. The Labute approximate surface area is 128 Å². The highest BCUT2D eigenvalue weighted by Gasteiger charge is 2.31.